The first-order chi connectivity index (χ1) is 7.22. The summed E-state index contributed by atoms with van der Waals surface area (Å²) < 4.78 is 10.5. The molecule has 1 aliphatic rings. The maximum atomic E-state index is 11.3. The molecule has 0 radical (unpaired) electrons. The second-order valence-corrected chi connectivity index (χ2v) is 4.07. The Labute approximate surface area is 91.3 Å². The van der Waals surface area contributed by atoms with Gasteiger partial charge in [-0.2, -0.15) is 0 Å². The molecule has 1 N–H and O–H groups in total. The van der Waals surface area contributed by atoms with Crippen molar-refractivity contribution in [1.82, 2.24) is 5.32 Å². The summed E-state index contributed by atoms with van der Waals surface area (Å²) >= 11 is 0. The molecular formula is C11H21NO3. The second-order valence-electron chi connectivity index (χ2n) is 4.07. The Kier molecular flexibility index (Phi) is 5.05. The van der Waals surface area contributed by atoms with Gasteiger partial charge in [0.15, 0.2) is 0 Å². The zero-order chi connectivity index (χ0) is 11.1. The number of amides is 1. The predicted octanol–water partition coefficient (Wildman–Crippen LogP) is 1.10. The lowest BCUT2D eigenvalue weighted by molar-refractivity contribution is -0.129. The number of nitrogens with one attached hydrogen (secondary N) is 1. The highest BCUT2D eigenvalue weighted by Crippen LogP contribution is 2.34. The second kappa shape index (κ2) is 6.08. The molecule has 1 saturated carbocycles. The number of carbonyl (C=O) groups excluding carboxylic acids is 1. The number of rotatable bonds is 7. The van der Waals surface area contributed by atoms with Gasteiger partial charge in [-0.05, 0) is 25.7 Å². The van der Waals surface area contributed by atoms with E-state index in [2.05, 4.69) is 5.32 Å². The van der Waals surface area contributed by atoms with Gasteiger partial charge in [0, 0.05) is 20.3 Å². The average Bonchev–Trinajstić information content (AvgIpc) is 2.17. The highest BCUT2D eigenvalue weighted by atomic mass is 16.5. The Balaban J connectivity index is 2.10. The summed E-state index contributed by atoms with van der Waals surface area (Å²) in [6.45, 7) is 3.43. The minimum atomic E-state index is -0.0968. The molecule has 4 nitrogen and oxygen atoms in total. The van der Waals surface area contributed by atoms with E-state index in [9.17, 15) is 4.79 Å². The SMILES string of the molecule is CCCOCC(=O)NCC1(OC)CCC1. The smallest absolute Gasteiger partial charge is 0.246 e. The van der Waals surface area contributed by atoms with Gasteiger partial charge in [0.25, 0.3) is 0 Å². The van der Waals surface area contributed by atoms with Crippen molar-refractivity contribution in [2.24, 2.45) is 0 Å². The third-order valence-electron chi connectivity index (χ3n) is 2.89. The number of hydrogen-bond donors (Lipinski definition) is 1. The van der Waals surface area contributed by atoms with Crippen molar-refractivity contribution in [2.45, 2.75) is 38.2 Å². The maximum Gasteiger partial charge on any atom is 0.246 e. The topological polar surface area (TPSA) is 47.6 Å². The molecule has 1 fully saturated rings. The van der Waals surface area contributed by atoms with E-state index in [1.54, 1.807) is 7.11 Å². The standard InChI is InChI=1S/C11H21NO3/c1-3-7-15-8-10(13)12-9-11(14-2)5-4-6-11/h3-9H2,1-2H3,(H,12,13). The zero-order valence-electron chi connectivity index (χ0n) is 9.67. The zero-order valence-corrected chi connectivity index (χ0v) is 9.67. The fourth-order valence-electron chi connectivity index (χ4n) is 1.64. The molecule has 0 unspecified atom stereocenters. The summed E-state index contributed by atoms with van der Waals surface area (Å²) in [5.74, 6) is -0.0493. The Hall–Kier alpha value is -0.610. The molecule has 4 heteroatoms. The van der Waals surface area contributed by atoms with E-state index in [0.29, 0.717) is 13.2 Å². The minimum Gasteiger partial charge on any atom is -0.376 e. The van der Waals surface area contributed by atoms with Gasteiger partial charge in [0.05, 0.1) is 5.60 Å². The summed E-state index contributed by atoms with van der Waals surface area (Å²) in [6.07, 6.45) is 4.21. The van der Waals surface area contributed by atoms with E-state index in [0.717, 1.165) is 19.3 Å². The Morgan fingerprint density at radius 2 is 2.20 bits per heavy atom. The van der Waals surface area contributed by atoms with Gasteiger partial charge in [-0.1, -0.05) is 6.92 Å². The average molecular weight is 215 g/mol. The molecule has 0 spiro atoms. The van der Waals surface area contributed by atoms with Crippen LogP contribution in [0.2, 0.25) is 0 Å². The van der Waals surface area contributed by atoms with Crippen LogP contribution in [0.1, 0.15) is 32.6 Å². The van der Waals surface area contributed by atoms with Gasteiger partial charge < -0.3 is 14.8 Å². The minimum absolute atomic E-state index is 0.0493. The largest absolute Gasteiger partial charge is 0.376 e. The third kappa shape index (κ3) is 3.80. The third-order valence-corrected chi connectivity index (χ3v) is 2.89. The van der Waals surface area contributed by atoms with E-state index in [1.807, 2.05) is 6.92 Å². The highest BCUT2D eigenvalue weighted by molar-refractivity contribution is 5.77. The van der Waals surface area contributed by atoms with Crippen LogP contribution in [0, 0.1) is 0 Å². The monoisotopic (exact) mass is 215 g/mol. The van der Waals surface area contributed by atoms with Crippen LogP contribution in [-0.2, 0) is 14.3 Å². The molecule has 0 saturated heterocycles. The lowest BCUT2D eigenvalue weighted by Crippen LogP contribution is -2.49. The number of hydrogen-bond acceptors (Lipinski definition) is 3. The van der Waals surface area contributed by atoms with E-state index in [1.165, 1.54) is 6.42 Å². The Bertz CT molecular complexity index is 196. The molecule has 0 atom stereocenters. The molecule has 0 aromatic carbocycles. The molecule has 0 aromatic rings. The predicted molar refractivity (Wildman–Crippen MR) is 57.7 cm³/mol. The fraction of sp³-hybridized carbons (Fsp3) is 0.909. The lowest BCUT2D eigenvalue weighted by Gasteiger charge is -2.40. The van der Waals surface area contributed by atoms with Crippen LogP contribution < -0.4 is 5.32 Å². The first-order valence-electron chi connectivity index (χ1n) is 5.62. The first-order valence-corrected chi connectivity index (χ1v) is 5.62. The summed E-state index contributed by atoms with van der Waals surface area (Å²) in [7, 11) is 1.71. The summed E-state index contributed by atoms with van der Waals surface area (Å²) in [5.41, 5.74) is -0.0968. The maximum absolute atomic E-state index is 11.3. The van der Waals surface area contributed by atoms with Crippen molar-refractivity contribution in [3.05, 3.63) is 0 Å². The van der Waals surface area contributed by atoms with Crippen LogP contribution in [0.4, 0.5) is 0 Å². The van der Waals surface area contributed by atoms with Crippen LogP contribution in [-0.4, -0.2) is 38.4 Å². The number of methoxy groups -OCH3 is 1. The van der Waals surface area contributed by atoms with Crippen LogP contribution in [0.25, 0.3) is 0 Å². The van der Waals surface area contributed by atoms with Crippen molar-refractivity contribution >= 4 is 5.91 Å². The molecule has 1 rings (SSSR count). The van der Waals surface area contributed by atoms with Crippen LogP contribution in [0.3, 0.4) is 0 Å². The Morgan fingerprint density at radius 3 is 2.67 bits per heavy atom. The lowest BCUT2D eigenvalue weighted by atomic mass is 9.80. The number of carbonyl (C=O) groups is 1. The van der Waals surface area contributed by atoms with Crippen molar-refractivity contribution in [3.63, 3.8) is 0 Å². The molecule has 0 bridgehead atoms. The first kappa shape index (κ1) is 12.5. The molecule has 1 aliphatic carbocycles. The molecule has 15 heavy (non-hydrogen) atoms. The van der Waals surface area contributed by atoms with Crippen molar-refractivity contribution in [3.8, 4) is 0 Å². The normalized spacial score (nSPS) is 18.3. The summed E-state index contributed by atoms with van der Waals surface area (Å²) in [6, 6.07) is 0. The molecule has 0 heterocycles. The van der Waals surface area contributed by atoms with Gasteiger partial charge in [-0.3, -0.25) is 4.79 Å². The molecule has 88 valence electrons. The number of ether oxygens (including phenoxy) is 2. The van der Waals surface area contributed by atoms with E-state index in [-0.39, 0.29) is 18.1 Å². The van der Waals surface area contributed by atoms with Crippen molar-refractivity contribution < 1.29 is 14.3 Å². The Morgan fingerprint density at radius 1 is 1.47 bits per heavy atom. The van der Waals surface area contributed by atoms with E-state index < -0.39 is 0 Å². The van der Waals surface area contributed by atoms with Gasteiger partial charge >= 0.3 is 0 Å². The summed E-state index contributed by atoms with van der Waals surface area (Å²) in [4.78, 5) is 11.3. The fourth-order valence-corrected chi connectivity index (χ4v) is 1.64. The van der Waals surface area contributed by atoms with Gasteiger partial charge in [0.2, 0.25) is 5.91 Å². The van der Waals surface area contributed by atoms with E-state index >= 15 is 0 Å². The van der Waals surface area contributed by atoms with Gasteiger partial charge in [-0.15, -0.1) is 0 Å². The molecule has 0 aliphatic heterocycles. The van der Waals surface area contributed by atoms with Gasteiger partial charge in [-0.25, -0.2) is 0 Å². The van der Waals surface area contributed by atoms with Crippen LogP contribution >= 0.6 is 0 Å². The van der Waals surface area contributed by atoms with Crippen molar-refractivity contribution in [2.75, 3.05) is 26.9 Å². The molecular weight excluding hydrogens is 194 g/mol. The summed E-state index contributed by atoms with van der Waals surface area (Å²) in [5, 5.41) is 2.85. The van der Waals surface area contributed by atoms with Crippen LogP contribution in [0.15, 0.2) is 0 Å². The molecule has 1 amide bonds. The van der Waals surface area contributed by atoms with E-state index in [4.69, 9.17) is 9.47 Å². The van der Waals surface area contributed by atoms with Crippen LogP contribution in [0.5, 0.6) is 0 Å². The van der Waals surface area contributed by atoms with Gasteiger partial charge in [0.1, 0.15) is 6.61 Å². The highest BCUT2D eigenvalue weighted by Gasteiger charge is 2.37. The molecule has 0 aromatic heterocycles. The quantitative estimate of drug-likeness (QED) is 0.647. The van der Waals surface area contributed by atoms with Crippen molar-refractivity contribution in [1.29, 1.82) is 0 Å².